The molecule has 6 heteroatoms. The molecule has 0 aliphatic rings. The molecule has 0 aliphatic heterocycles. The smallest absolute Gasteiger partial charge is 0.303 e. The van der Waals surface area contributed by atoms with E-state index in [0.717, 1.165) is 0 Å². The van der Waals surface area contributed by atoms with Gasteiger partial charge in [0.05, 0.1) is 10.7 Å². The fourth-order valence-electron chi connectivity index (χ4n) is 1.53. The number of nitrogen functional groups attached to an aromatic ring is 1. The Balaban J connectivity index is 2.72. The molecule has 0 radical (unpaired) electrons. The number of carbonyl (C=O) groups is 2. The number of aliphatic carboxylic acids is 1. The van der Waals surface area contributed by atoms with Crippen molar-refractivity contribution in [2.75, 3.05) is 5.73 Å². The molecule has 0 fully saturated rings. The average Bonchev–Trinajstić information content (AvgIpc) is 2.29. The number of nitrogens with one attached hydrogen (secondary N) is 1. The van der Waals surface area contributed by atoms with Gasteiger partial charge in [0.1, 0.15) is 0 Å². The zero-order chi connectivity index (χ0) is 14.6. The maximum atomic E-state index is 12.0. The molecule has 0 saturated carbocycles. The Hall–Kier alpha value is -1.75. The molecule has 104 valence electrons. The molecular formula is C13H17ClN2O3. The number of benzene rings is 1. The number of hydrogen-bond acceptors (Lipinski definition) is 3. The third kappa shape index (κ3) is 4.79. The number of rotatable bonds is 5. The third-order valence-electron chi connectivity index (χ3n) is 2.68. The first kappa shape index (κ1) is 15.3. The summed E-state index contributed by atoms with van der Waals surface area (Å²) in [4.78, 5) is 22.6. The van der Waals surface area contributed by atoms with E-state index in [1.807, 2.05) is 0 Å². The minimum absolute atomic E-state index is 0.00419. The van der Waals surface area contributed by atoms with E-state index in [-0.39, 0.29) is 12.3 Å². The number of halogens is 1. The van der Waals surface area contributed by atoms with E-state index in [9.17, 15) is 9.59 Å². The number of nitrogens with two attached hydrogens (primary N) is 1. The van der Waals surface area contributed by atoms with Gasteiger partial charge in [-0.15, -0.1) is 0 Å². The predicted molar refractivity (Wildman–Crippen MR) is 74.3 cm³/mol. The van der Waals surface area contributed by atoms with Crippen LogP contribution in [-0.2, 0) is 4.79 Å². The van der Waals surface area contributed by atoms with Crippen molar-refractivity contribution in [3.63, 3.8) is 0 Å². The van der Waals surface area contributed by atoms with E-state index in [2.05, 4.69) is 5.32 Å². The summed E-state index contributed by atoms with van der Waals surface area (Å²) < 4.78 is 0. The minimum atomic E-state index is -0.891. The van der Waals surface area contributed by atoms with Crippen LogP contribution in [0.3, 0.4) is 0 Å². The van der Waals surface area contributed by atoms with Crippen molar-refractivity contribution in [1.29, 1.82) is 0 Å². The number of amides is 1. The standard InChI is InChI=1S/C13H17ClN2O3/c1-13(2,6-5-11(17)18)16-12(19)8-3-4-10(15)9(14)7-8/h3-4,7H,5-6,15H2,1-2H3,(H,16,19)(H,17,18). The number of carboxylic acids is 1. The third-order valence-corrected chi connectivity index (χ3v) is 3.01. The largest absolute Gasteiger partial charge is 0.481 e. The zero-order valence-electron chi connectivity index (χ0n) is 10.9. The lowest BCUT2D eigenvalue weighted by Gasteiger charge is -2.25. The Bertz CT molecular complexity index is 501. The lowest BCUT2D eigenvalue weighted by atomic mass is 9.97. The lowest BCUT2D eigenvalue weighted by molar-refractivity contribution is -0.137. The number of carbonyl (C=O) groups excluding carboxylic acids is 1. The van der Waals surface area contributed by atoms with Crippen molar-refractivity contribution < 1.29 is 14.7 Å². The summed E-state index contributed by atoms with van der Waals surface area (Å²) in [5.41, 5.74) is 5.76. The maximum Gasteiger partial charge on any atom is 0.303 e. The molecular weight excluding hydrogens is 268 g/mol. The zero-order valence-corrected chi connectivity index (χ0v) is 11.6. The van der Waals surface area contributed by atoms with Crippen LogP contribution < -0.4 is 11.1 Å². The van der Waals surface area contributed by atoms with Gasteiger partial charge in [0.2, 0.25) is 0 Å². The summed E-state index contributed by atoms with van der Waals surface area (Å²) >= 11 is 5.85. The van der Waals surface area contributed by atoms with Crippen molar-refractivity contribution in [1.82, 2.24) is 5.32 Å². The Labute approximate surface area is 116 Å². The Kier molecular flexibility index (Phi) is 4.78. The summed E-state index contributed by atoms with van der Waals surface area (Å²) in [6.07, 6.45) is 0.340. The molecule has 5 nitrogen and oxygen atoms in total. The highest BCUT2D eigenvalue weighted by molar-refractivity contribution is 6.33. The SMILES string of the molecule is CC(C)(CCC(=O)O)NC(=O)c1ccc(N)c(Cl)c1. The second kappa shape index (κ2) is 5.93. The Morgan fingerprint density at radius 3 is 2.58 bits per heavy atom. The molecule has 19 heavy (non-hydrogen) atoms. The van der Waals surface area contributed by atoms with Crippen LogP contribution in [0, 0.1) is 0 Å². The van der Waals surface area contributed by atoms with Crippen LogP contribution in [0.1, 0.15) is 37.0 Å². The first-order valence-corrected chi connectivity index (χ1v) is 6.18. The molecule has 0 saturated heterocycles. The molecule has 0 bridgehead atoms. The van der Waals surface area contributed by atoms with E-state index >= 15 is 0 Å². The average molecular weight is 285 g/mol. The first-order valence-electron chi connectivity index (χ1n) is 5.80. The number of hydrogen-bond donors (Lipinski definition) is 3. The van der Waals surface area contributed by atoms with Gasteiger partial charge in [0.25, 0.3) is 5.91 Å². The van der Waals surface area contributed by atoms with Crippen molar-refractivity contribution in [3.8, 4) is 0 Å². The molecule has 4 N–H and O–H groups in total. The van der Waals surface area contributed by atoms with Gasteiger partial charge < -0.3 is 16.2 Å². The van der Waals surface area contributed by atoms with E-state index < -0.39 is 11.5 Å². The first-order chi connectivity index (χ1) is 8.71. The highest BCUT2D eigenvalue weighted by Gasteiger charge is 2.22. The van der Waals surface area contributed by atoms with Crippen LogP contribution in [0.25, 0.3) is 0 Å². The molecule has 1 aromatic rings. The van der Waals surface area contributed by atoms with Crippen molar-refractivity contribution in [2.45, 2.75) is 32.2 Å². The van der Waals surface area contributed by atoms with Gasteiger partial charge in [-0.2, -0.15) is 0 Å². The summed E-state index contributed by atoms with van der Waals surface area (Å²) in [6.45, 7) is 3.54. The van der Waals surface area contributed by atoms with Crippen LogP contribution in [-0.4, -0.2) is 22.5 Å². The quantitative estimate of drug-likeness (QED) is 0.723. The molecule has 0 aromatic heterocycles. The minimum Gasteiger partial charge on any atom is -0.481 e. The number of carboxylic acid groups (broad SMARTS) is 1. The fourth-order valence-corrected chi connectivity index (χ4v) is 1.71. The molecule has 0 aliphatic carbocycles. The van der Waals surface area contributed by atoms with E-state index in [4.69, 9.17) is 22.4 Å². The monoisotopic (exact) mass is 284 g/mol. The van der Waals surface area contributed by atoms with Crippen molar-refractivity contribution in [2.24, 2.45) is 0 Å². The van der Waals surface area contributed by atoms with E-state index in [0.29, 0.717) is 22.7 Å². The van der Waals surface area contributed by atoms with Crippen LogP contribution in [0.4, 0.5) is 5.69 Å². The van der Waals surface area contributed by atoms with Gasteiger partial charge in [-0.3, -0.25) is 9.59 Å². The van der Waals surface area contributed by atoms with Crippen molar-refractivity contribution >= 4 is 29.2 Å². The topological polar surface area (TPSA) is 92.4 Å². The van der Waals surface area contributed by atoms with Gasteiger partial charge in [-0.1, -0.05) is 11.6 Å². The summed E-state index contributed by atoms with van der Waals surface area (Å²) in [5, 5.41) is 11.7. The lowest BCUT2D eigenvalue weighted by Crippen LogP contribution is -2.43. The van der Waals surface area contributed by atoms with Crippen LogP contribution in [0.2, 0.25) is 5.02 Å². The number of anilines is 1. The van der Waals surface area contributed by atoms with Gasteiger partial charge in [0, 0.05) is 17.5 Å². The highest BCUT2D eigenvalue weighted by atomic mass is 35.5. The molecule has 0 atom stereocenters. The molecule has 1 rings (SSSR count). The summed E-state index contributed by atoms with van der Waals surface area (Å²) in [5.74, 6) is -1.20. The normalized spacial score (nSPS) is 11.1. The molecule has 1 aromatic carbocycles. The predicted octanol–water partition coefficient (Wildman–Crippen LogP) is 2.30. The van der Waals surface area contributed by atoms with Crippen LogP contribution in [0.15, 0.2) is 18.2 Å². The molecule has 0 spiro atoms. The van der Waals surface area contributed by atoms with Gasteiger partial charge in [-0.05, 0) is 38.5 Å². The molecule has 0 heterocycles. The maximum absolute atomic E-state index is 12.0. The second-order valence-corrected chi connectivity index (χ2v) is 5.38. The van der Waals surface area contributed by atoms with Gasteiger partial charge in [0.15, 0.2) is 0 Å². The fraction of sp³-hybridized carbons (Fsp3) is 0.385. The highest BCUT2D eigenvalue weighted by Crippen LogP contribution is 2.20. The summed E-state index contributed by atoms with van der Waals surface area (Å²) in [6, 6.07) is 4.62. The van der Waals surface area contributed by atoms with Crippen LogP contribution >= 0.6 is 11.6 Å². The van der Waals surface area contributed by atoms with Gasteiger partial charge >= 0.3 is 5.97 Å². The van der Waals surface area contributed by atoms with E-state index in [1.165, 1.54) is 6.07 Å². The van der Waals surface area contributed by atoms with Crippen molar-refractivity contribution in [3.05, 3.63) is 28.8 Å². The Morgan fingerprint density at radius 2 is 2.05 bits per heavy atom. The Morgan fingerprint density at radius 1 is 1.42 bits per heavy atom. The second-order valence-electron chi connectivity index (χ2n) is 4.97. The molecule has 0 unspecified atom stereocenters. The van der Waals surface area contributed by atoms with Crippen LogP contribution in [0.5, 0.6) is 0 Å². The summed E-state index contributed by atoms with van der Waals surface area (Å²) in [7, 11) is 0. The van der Waals surface area contributed by atoms with Gasteiger partial charge in [-0.25, -0.2) is 0 Å². The van der Waals surface area contributed by atoms with E-state index in [1.54, 1.807) is 26.0 Å². The molecule has 1 amide bonds.